The van der Waals surface area contributed by atoms with Crippen molar-refractivity contribution < 1.29 is 71.5 Å². The van der Waals surface area contributed by atoms with Gasteiger partial charge in [0.2, 0.25) is 11.8 Å². The predicted molar refractivity (Wildman–Crippen MR) is 327 cm³/mol. The van der Waals surface area contributed by atoms with Crippen molar-refractivity contribution in [2.24, 2.45) is 35.5 Å². The van der Waals surface area contributed by atoms with Crippen molar-refractivity contribution in [3.05, 3.63) is 174 Å². The molecule has 2 amide bonds. The minimum Gasteiger partial charge on any atom is -0.481 e. The third-order valence-electron chi connectivity index (χ3n) is 18.3. The summed E-state index contributed by atoms with van der Waals surface area (Å²) in [5, 5.41) is 16.6. The molecule has 3 heterocycles. The SMILES string of the molecule is C[C@@H](C(=O)Nc1ccc(S(F)(F)(F)(F)F)cc1)C1CCC(c2ccnc3ccc(F)cc23)CC1.C[C@@H](C(=O)Nc1ccc(S(F)(F)(F)(F)F)cc1)C1CCC(c2ccnc3ccc(F)cc23)CC1.C[C@@H](C(=O)O)C1CCC(c2ccnc3ccc(F)cc23)CC1. The molecule has 90 heavy (non-hydrogen) atoms. The second kappa shape index (κ2) is 24.6. The average Bonchev–Trinajstić information content (AvgIpc) is 0.744. The highest BCUT2D eigenvalue weighted by Crippen LogP contribution is 3.02. The second-order valence-electron chi connectivity index (χ2n) is 24.2. The maximum atomic E-state index is 13.8. The Bertz CT molecular complexity index is 3740. The predicted octanol–water partition coefficient (Wildman–Crippen LogP) is 21.5. The fourth-order valence-electron chi connectivity index (χ4n) is 13.0. The monoisotopic (exact) mass is 1310 g/mol. The molecular formula is C66H68F13N5O4S2. The second-order valence-corrected chi connectivity index (χ2v) is 29.0. The molecule has 3 aromatic heterocycles. The van der Waals surface area contributed by atoms with E-state index >= 15 is 0 Å². The number of aliphatic carboxylic acids is 1. The summed E-state index contributed by atoms with van der Waals surface area (Å²) in [6.07, 6.45) is 15.1. The van der Waals surface area contributed by atoms with Gasteiger partial charge in [-0.15, -0.1) is 0 Å². The van der Waals surface area contributed by atoms with Gasteiger partial charge in [-0.2, -0.15) is 0 Å². The minimum absolute atomic E-state index is 0.0291. The van der Waals surface area contributed by atoms with Crippen LogP contribution in [0.2, 0.25) is 0 Å². The quantitative estimate of drug-likeness (QED) is 0.0979. The van der Waals surface area contributed by atoms with E-state index in [0.717, 1.165) is 151 Å². The van der Waals surface area contributed by atoms with Crippen LogP contribution in [0.1, 0.15) is 132 Å². The van der Waals surface area contributed by atoms with Crippen molar-refractivity contribution in [3.8, 4) is 0 Å². The van der Waals surface area contributed by atoms with Gasteiger partial charge in [-0.1, -0.05) is 59.6 Å². The van der Waals surface area contributed by atoms with Gasteiger partial charge in [0.05, 0.1) is 22.5 Å². The molecule has 3 aliphatic rings. The molecule has 484 valence electrons. The fraction of sp³-hybridized carbons (Fsp3) is 0.364. The van der Waals surface area contributed by atoms with Gasteiger partial charge in [0, 0.05) is 58.0 Å². The summed E-state index contributed by atoms with van der Waals surface area (Å²) in [6.45, 7) is 5.30. The van der Waals surface area contributed by atoms with E-state index in [1.54, 1.807) is 63.6 Å². The lowest BCUT2D eigenvalue weighted by molar-refractivity contribution is -0.143. The summed E-state index contributed by atoms with van der Waals surface area (Å²) in [5.74, 6) is -2.31. The Kier molecular flexibility index (Phi) is 18.3. The highest BCUT2D eigenvalue weighted by Gasteiger charge is 2.66. The third kappa shape index (κ3) is 16.5. The van der Waals surface area contributed by atoms with Crippen molar-refractivity contribution in [2.45, 2.75) is 125 Å². The molecule has 24 heteroatoms. The number of rotatable bonds is 13. The van der Waals surface area contributed by atoms with Crippen LogP contribution in [0.25, 0.3) is 32.7 Å². The van der Waals surface area contributed by atoms with Crippen LogP contribution in [0.4, 0.5) is 63.4 Å². The van der Waals surface area contributed by atoms with E-state index < -0.39 is 48.0 Å². The van der Waals surface area contributed by atoms with E-state index in [0.29, 0.717) is 5.92 Å². The summed E-state index contributed by atoms with van der Waals surface area (Å²) in [6, 6.07) is 24.0. The Labute approximate surface area is 512 Å². The molecule has 0 aliphatic heterocycles. The fourth-order valence-corrected chi connectivity index (χ4v) is 14.3. The van der Waals surface area contributed by atoms with Crippen LogP contribution in [0.15, 0.2) is 150 Å². The number of amides is 2. The number of halogens is 13. The van der Waals surface area contributed by atoms with Crippen LogP contribution in [-0.4, -0.2) is 37.8 Å². The van der Waals surface area contributed by atoms with E-state index in [1.807, 2.05) is 18.2 Å². The van der Waals surface area contributed by atoms with Crippen LogP contribution in [-0.2, 0) is 14.4 Å². The Morgan fingerprint density at radius 2 is 0.667 bits per heavy atom. The molecule has 3 aliphatic carbocycles. The first-order valence-corrected chi connectivity index (χ1v) is 33.5. The Morgan fingerprint density at radius 3 is 0.922 bits per heavy atom. The number of pyridine rings is 3. The third-order valence-corrected chi connectivity index (χ3v) is 20.6. The Morgan fingerprint density at radius 1 is 0.400 bits per heavy atom. The van der Waals surface area contributed by atoms with Gasteiger partial charge >= 0.3 is 26.4 Å². The number of aromatic nitrogens is 3. The highest BCUT2D eigenvalue weighted by atomic mass is 32.5. The molecule has 9 nitrogen and oxygen atoms in total. The van der Waals surface area contributed by atoms with Gasteiger partial charge in [0.1, 0.15) is 27.2 Å². The number of benzene rings is 5. The zero-order valence-corrected chi connectivity index (χ0v) is 50.8. The molecule has 3 atom stereocenters. The largest absolute Gasteiger partial charge is 0.481 e. The topological polar surface area (TPSA) is 134 Å². The molecule has 3 saturated carbocycles. The zero-order chi connectivity index (χ0) is 65.3. The first-order valence-electron chi connectivity index (χ1n) is 29.6. The summed E-state index contributed by atoms with van der Waals surface area (Å²) in [7, 11) is -19.5. The van der Waals surface area contributed by atoms with Crippen molar-refractivity contribution in [2.75, 3.05) is 10.6 Å². The number of carbonyl (C=O) groups is 3. The lowest BCUT2D eigenvalue weighted by Crippen LogP contribution is -2.29. The molecule has 5 aromatic carbocycles. The van der Waals surface area contributed by atoms with Crippen molar-refractivity contribution in [1.29, 1.82) is 0 Å². The lowest BCUT2D eigenvalue weighted by Gasteiger charge is -2.40. The lowest BCUT2D eigenvalue weighted by atomic mass is 9.73. The van der Waals surface area contributed by atoms with E-state index in [9.17, 15) is 66.4 Å². The van der Waals surface area contributed by atoms with Gasteiger partial charge in [-0.05, 0) is 251 Å². The number of carboxylic acids is 1. The first-order chi connectivity index (χ1) is 42.0. The van der Waals surface area contributed by atoms with Crippen LogP contribution in [0.5, 0.6) is 0 Å². The Balaban J connectivity index is 0.000000164. The van der Waals surface area contributed by atoms with E-state index in [1.165, 1.54) is 30.3 Å². The normalized spacial score (nSPS) is 22.3. The molecule has 8 aromatic rings. The Hall–Kier alpha value is -7.47. The maximum Gasteiger partial charge on any atom is 0.310 e. The minimum atomic E-state index is -9.75. The molecule has 0 spiro atoms. The number of fused-ring (bicyclic) bond motifs is 3. The molecule has 11 rings (SSSR count). The molecule has 3 N–H and O–H groups in total. The van der Waals surface area contributed by atoms with E-state index in [4.69, 9.17) is 5.11 Å². The summed E-state index contributed by atoms with van der Waals surface area (Å²) in [5.41, 5.74) is 5.54. The number of anilines is 2. The number of hydrogen-bond acceptors (Lipinski definition) is 6. The van der Waals surface area contributed by atoms with Crippen LogP contribution < -0.4 is 10.6 Å². The van der Waals surface area contributed by atoms with Crippen LogP contribution >= 0.6 is 20.4 Å². The zero-order valence-electron chi connectivity index (χ0n) is 49.2. The van der Waals surface area contributed by atoms with Gasteiger partial charge in [-0.25, -0.2) is 13.2 Å². The van der Waals surface area contributed by atoms with Gasteiger partial charge in [-0.3, -0.25) is 29.3 Å². The molecule has 3 fully saturated rings. The van der Waals surface area contributed by atoms with Gasteiger partial charge in [0.25, 0.3) is 0 Å². The van der Waals surface area contributed by atoms with Crippen molar-refractivity contribution in [3.63, 3.8) is 0 Å². The molecule has 0 saturated heterocycles. The van der Waals surface area contributed by atoms with Crippen molar-refractivity contribution >= 4 is 82.3 Å². The number of carbonyl (C=O) groups excluding carboxylic acids is 2. The highest BCUT2D eigenvalue weighted by molar-refractivity contribution is 8.46. The average molecular weight is 1310 g/mol. The summed E-state index contributed by atoms with van der Waals surface area (Å²) in [4.78, 5) is 45.3. The van der Waals surface area contributed by atoms with Gasteiger partial charge < -0.3 is 15.7 Å². The number of carboxylic acid groups (broad SMARTS) is 1. The van der Waals surface area contributed by atoms with Crippen LogP contribution in [0, 0.1) is 53.0 Å². The van der Waals surface area contributed by atoms with E-state index in [-0.39, 0.29) is 100 Å². The number of nitrogens with zero attached hydrogens (tertiary/aromatic N) is 3. The number of nitrogens with one attached hydrogen (secondary N) is 2. The summed E-state index contributed by atoms with van der Waals surface area (Å²) >= 11 is 0. The molecule has 0 radical (unpaired) electrons. The smallest absolute Gasteiger partial charge is 0.310 e. The summed E-state index contributed by atoms with van der Waals surface area (Å²) < 4.78 is 170. The molecule has 0 bridgehead atoms. The molecular weight excluding hydrogens is 1240 g/mol. The van der Waals surface area contributed by atoms with E-state index in [2.05, 4.69) is 25.6 Å². The van der Waals surface area contributed by atoms with Crippen LogP contribution in [0.3, 0.4) is 0 Å². The number of hydrogen-bond donors (Lipinski definition) is 3. The first kappa shape index (κ1) is 66.9. The van der Waals surface area contributed by atoms with Crippen molar-refractivity contribution in [1.82, 2.24) is 15.0 Å². The van der Waals surface area contributed by atoms with Gasteiger partial charge in [0.15, 0.2) is 0 Å². The standard InChI is InChI=1S/2C24H24F6N2OS.C18H20FNO2/c2*1-15(24(33)32-19-7-9-20(10-8-19)34(26,27,28,29)30)16-2-4-17(5-3-16)21-12-13-31-23-11-6-18(25)14-22(21)23;1-11(18(21)22)12-2-4-13(5-3-12)15-8-9-20-17-7-6-14(19)10-16(15)17/h2*6-17H,2-5H2,1H3,(H,32,33);6-13H,2-5H2,1H3,(H,21,22)/t2*15-,16?,17?;11-,12?,13?/m111/s1. The molecule has 0 unspecified atom stereocenters. The maximum absolute atomic E-state index is 13.8.